The molecule has 3 rings (SSSR count). The number of methoxy groups -OCH3 is 1. The number of carboxylic acid groups (broad SMARTS) is 1. The van der Waals surface area contributed by atoms with Crippen molar-refractivity contribution < 1.29 is 19.4 Å². The van der Waals surface area contributed by atoms with Crippen LogP contribution in [0.3, 0.4) is 0 Å². The molecule has 0 radical (unpaired) electrons. The Hall–Kier alpha value is -2.53. The highest BCUT2D eigenvalue weighted by atomic mass is 35.5. The normalized spacial score (nSPS) is 19.7. The van der Waals surface area contributed by atoms with Crippen molar-refractivity contribution in [3.8, 4) is 5.75 Å². The molecule has 5 nitrogen and oxygen atoms in total. The summed E-state index contributed by atoms with van der Waals surface area (Å²) in [5.74, 6) is -0.800. The quantitative estimate of drug-likeness (QED) is 0.902. The lowest BCUT2D eigenvalue weighted by molar-refractivity contribution is -0.141. The van der Waals surface area contributed by atoms with Crippen LogP contribution in [0.1, 0.15) is 34.8 Å². The molecule has 6 heteroatoms. The third-order valence-corrected chi connectivity index (χ3v) is 4.83. The summed E-state index contributed by atoms with van der Waals surface area (Å²) in [5.41, 5.74) is 1.16. The number of rotatable bonds is 4. The zero-order valence-corrected chi connectivity index (χ0v) is 14.4. The molecule has 2 aromatic rings. The van der Waals surface area contributed by atoms with Crippen LogP contribution in [0, 0.1) is 0 Å². The van der Waals surface area contributed by atoms with E-state index in [-0.39, 0.29) is 11.9 Å². The van der Waals surface area contributed by atoms with Gasteiger partial charge in [-0.05, 0) is 42.7 Å². The number of nitrogens with zero attached hydrogens (tertiary/aromatic N) is 1. The van der Waals surface area contributed by atoms with Gasteiger partial charge in [-0.2, -0.15) is 0 Å². The Bertz CT molecular complexity index is 808. The lowest BCUT2D eigenvalue weighted by atomic mass is 10.0. The Kier molecular flexibility index (Phi) is 4.95. The molecule has 0 aromatic heterocycles. The van der Waals surface area contributed by atoms with Crippen LogP contribution in [0.4, 0.5) is 0 Å². The number of halogens is 1. The molecule has 1 N–H and O–H groups in total. The zero-order valence-electron chi connectivity index (χ0n) is 13.7. The Morgan fingerprint density at radius 2 is 1.92 bits per heavy atom. The number of aliphatic carboxylic acids is 1. The fraction of sp³-hybridized carbons (Fsp3) is 0.263. The number of carbonyl (C=O) groups is 2. The average Bonchev–Trinajstić information content (AvgIpc) is 3.06. The van der Waals surface area contributed by atoms with Crippen molar-refractivity contribution in [1.29, 1.82) is 0 Å². The van der Waals surface area contributed by atoms with Gasteiger partial charge in [-0.3, -0.25) is 4.79 Å². The first-order valence-corrected chi connectivity index (χ1v) is 8.34. The largest absolute Gasteiger partial charge is 0.497 e. The predicted octanol–water partition coefficient (Wildman–Crippen LogP) is 3.78. The lowest BCUT2D eigenvalue weighted by Gasteiger charge is -2.29. The van der Waals surface area contributed by atoms with Gasteiger partial charge in [-0.15, -0.1) is 0 Å². The third kappa shape index (κ3) is 3.33. The topological polar surface area (TPSA) is 66.8 Å². The highest BCUT2D eigenvalue weighted by Crippen LogP contribution is 2.40. The molecule has 1 fully saturated rings. The summed E-state index contributed by atoms with van der Waals surface area (Å²) in [4.78, 5) is 26.2. The molecule has 1 amide bonds. The Labute approximate surface area is 150 Å². The molecular formula is C19H18ClNO4. The Morgan fingerprint density at radius 1 is 1.16 bits per heavy atom. The molecule has 1 heterocycles. The van der Waals surface area contributed by atoms with Crippen molar-refractivity contribution >= 4 is 23.5 Å². The second-order valence-corrected chi connectivity index (χ2v) is 6.32. The van der Waals surface area contributed by atoms with Gasteiger partial charge < -0.3 is 14.7 Å². The average molecular weight is 360 g/mol. The first kappa shape index (κ1) is 17.3. The summed E-state index contributed by atoms with van der Waals surface area (Å²) in [6.45, 7) is 0. The SMILES string of the molecule is COc1cccc(C(=O)N2[C@@H](C(=O)O)CC[C@@H]2c2ccccc2Cl)c1. The molecule has 1 aliphatic rings. The van der Waals surface area contributed by atoms with E-state index in [9.17, 15) is 14.7 Å². The molecule has 0 unspecified atom stereocenters. The number of hydrogen-bond acceptors (Lipinski definition) is 3. The maximum Gasteiger partial charge on any atom is 0.326 e. The summed E-state index contributed by atoms with van der Waals surface area (Å²) < 4.78 is 5.16. The van der Waals surface area contributed by atoms with Crippen molar-refractivity contribution in [3.63, 3.8) is 0 Å². The monoisotopic (exact) mass is 359 g/mol. The Balaban J connectivity index is 2.01. The summed E-state index contributed by atoms with van der Waals surface area (Å²) >= 11 is 6.29. The molecule has 0 saturated carbocycles. The van der Waals surface area contributed by atoms with E-state index in [1.54, 1.807) is 30.3 Å². The number of carbonyl (C=O) groups excluding carboxylic acids is 1. The van der Waals surface area contributed by atoms with Crippen molar-refractivity contribution in [3.05, 3.63) is 64.7 Å². The van der Waals surface area contributed by atoms with Crippen LogP contribution in [0.15, 0.2) is 48.5 Å². The second-order valence-electron chi connectivity index (χ2n) is 5.91. The van der Waals surface area contributed by atoms with Gasteiger partial charge >= 0.3 is 5.97 Å². The van der Waals surface area contributed by atoms with Crippen molar-refractivity contribution in [2.45, 2.75) is 24.9 Å². The lowest BCUT2D eigenvalue weighted by Crippen LogP contribution is -2.41. The number of ether oxygens (including phenoxy) is 1. The van der Waals surface area contributed by atoms with Gasteiger partial charge in [0.2, 0.25) is 0 Å². The van der Waals surface area contributed by atoms with E-state index < -0.39 is 12.0 Å². The van der Waals surface area contributed by atoms with Crippen molar-refractivity contribution in [2.24, 2.45) is 0 Å². The fourth-order valence-corrected chi connectivity index (χ4v) is 3.55. The van der Waals surface area contributed by atoms with Gasteiger partial charge in [-0.1, -0.05) is 35.9 Å². The standard InChI is InChI=1S/C19H18ClNO4/c1-25-13-6-4-5-12(11-13)18(22)21-16(9-10-17(21)19(23)24)14-7-2-3-8-15(14)20/h2-8,11,16-17H,9-10H2,1H3,(H,23,24)/t16-,17-/m1/s1. The van der Waals surface area contributed by atoms with E-state index >= 15 is 0 Å². The molecule has 1 aliphatic heterocycles. The summed E-state index contributed by atoms with van der Waals surface area (Å²) in [6, 6.07) is 12.7. The molecule has 1 saturated heterocycles. The summed E-state index contributed by atoms with van der Waals surface area (Å²) in [6.07, 6.45) is 0.942. The third-order valence-electron chi connectivity index (χ3n) is 4.49. The molecule has 0 bridgehead atoms. The molecule has 2 aromatic carbocycles. The fourth-order valence-electron chi connectivity index (χ4n) is 3.29. The first-order chi connectivity index (χ1) is 12.0. The maximum atomic E-state index is 13.1. The smallest absolute Gasteiger partial charge is 0.326 e. The van der Waals surface area contributed by atoms with Gasteiger partial charge in [0.1, 0.15) is 11.8 Å². The van der Waals surface area contributed by atoms with Gasteiger partial charge in [-0.25, -0.2) is 4.79 Å². The van der Waals surface area contributed by atoms with Crippen molar-refractivity contribution in [2.75, 3.05) is 7.11 Å². The van der Waals surface area contributed by atoms with Gasteiger partial charge in [0.05, 0.1) is 13.2 Å². The van der Waals surface area contributed by atoms with E-state index in [1.807, 2.05) is 18.2 Å². The van der Waals surface area contributed by atoms with Crippen LogP contribution in [-0.4, -0.2) is 35.0 Å². The zero-order chi connectivity index (χ0) is 18.0. The van der Waals surface area contributed by atoms with Gasteiger partial charge in [0.15, 0.2) is 0 Å². The van der Waals surface area contributed by atoms with Gasteiger partial charge in [0, 0.05) is 10.6 Å². The molecule has 0 spiro atoms. The maximum absolute atomic E-state index is 13.1. The molecule has 2 atom stereocenters. The molecular weight excluding hydrogens is 342 g/mol. The van der Waals surface area contributed by atoms with Crippen LogP contribution in [0.2, 0.25) is 5.02 Å². The number of hydrogen-bond donors (Lipinski definition) is 1. The number of carboxylic acids is 1. The second kappa shape index (κ2) is 7.15. The summed E-state index contributed by atoms with van der Waals surface area (Å²) in [5, 5.41) is 10.1. The number of likely N-dealkylation sites (tertiary alicyclic amines) is 1. The van der Waals surface area contributed by atoms with Crippen LogP contribution >= 0.6 is 11.6 Å². The minimum absolute atomic E-state index is 0.339. The Morgan fingerprint density at radius 3 is 2.60 bits per heavy atom. The van der Waals surface area contributed by atoms with Crippen LogP contribution in [0.5, 0.6) is 5.75 Å². The molecule has 25 heavy (non-hydrogen) atoms. The van der Waals surface area contributed by atoms with Crippen LogP contribution < -0.4 is 4.74 Å². The minimum Gasteiger partial charge on any atom is -0.497 e. The first-order valence-electron chi connectivity index (χ1n) is 7.97. The van der Waals surface area contributed by atoms with Crippen LogP contribution in [-0.2, 0) is 4.79 Å². The van der Waals surface area contributed by atoms with Crippen molar-refractivity contribution in [1.82, 2.24) is 4.90 Å². The molecule has 0 aliphatic carbocycles. The number of amides is 1. The van der Waals surface area contributed by atoms with E-state index in [1.165, 1.54) is 12.0 Å². The highest BCUT2D eigenvalue weighted by Gasteiger charge is 2.42. The minimum atomic E-state index is -1.01. The summed E-state index contributed by atoms with van der Waals surface area (Å²) in [7, 11) is 1.52. The molecule has 130 valence electrons. The van der Waals surface area contributed by atoms with E-state index in [0.717, 1.165) is 5.56 Å². The van der Waals surface area contributed by atoms with E-state index in [2.05, 4.69) is 0 Å². The predicted molar refractivity (Wildman–Crippen MR) is 94.0 cm³/mol. The number of benzene rings is 2. The highest BCUT2D eigenvalue weighted by molar-refractivity contribution is 6.31. The van der Waals surface area contributed by atoms with Gasteiger partial charge in [0.25, 0.3) is 5.91 Å². The van der Waals surface area contributed by atoms with Crippen LogP contribution in [0.25, 0.3) is 0 Å². The van der Waals surface area contributed by atoms with E-state index in [0.29, 0.717) is 29.2 Å². The van der Waals surface area contributed by atoms with E-state index in [4.69, 9.17) is 16.3 Å².